The van der Waals surface area contributed by atoms with E-state index in [1.807, 2.05) is 25.1 Å². The molecule has 1 saturated heterocycles. The van der Waals surface area contributed by atoms with Gasteiger partial charge >= 0.3 is 0 Å². The van der Waals surface area contributed by atoms with Crippen LogP contribution in [-0.4, -0.2) is 61.4 Å². The van der Waals surface area contributed by atoms with E-state index in [-0.39, 0.29) is 5.91 Å². The smallest absolute Gasteiger partial charge is 0.230 e. The van der Waals surface area contributed by atoms with Gasteiger partial charge in [0, 0.05) is 30.4 Å². The van der Waals surface area contributed by atoms with Gasteiger partial charge in [0.2, 0.25) is 11.8 Å². The number of benzene rings is 1. The maximum absolute atomic E-state index is 12.2. The number of ether oxygens (including phenoxy) is 2. The fraction of sp³-hybridized carbons (Fsp3) is 0.565. The van der Waals surface area contributed by atoms with E-state index in [9.17, 15) is 4.79 Å². The van der Waals surface area contributed by atoms with Crippen molar-refractivity contribution in [2.45, 2.75) is 44.9 Å². The fourth-order valence-corrected chi connectivity index (χ4v) is 4.63. The van der Waals surface area contributed by atoms with Crippen LogP contribution in [0.2, 0.25) is 0 Å². The number of thioether (sulfide) groups is 1. The zero-order chi connectivity index (χ0) is 22.2. The molecule has 0 saturated carbocycles. The van der Waals surface area contributed by atoms with Gasteiger partial charge in [-0.05, 0) is 51.4 Å². The van der Waals surface area contributed by atoms with E-state index in [2.05, 4.69) is 22.1 Å². The van der Waals surface area contributed by atoms with E-state index >= 15 is 0 Å². The lowest BCUT2D eigenvalue weighted by Gasteiger charge is -2.33. The van der Waals surface area contributed by atoms with Crippen LogP contribution in [0.15, 0.2) is 22.6 Å². The molecule has 1 aliphatic heterocycles. The molecule has 0 radical (unpaired) electrons. The summed E-state index contributed by atoms with van der Waals surface area (Å²) >= 11 is 1.54. The molecule has 2 aromatic rings. The van der Waals surface area contributed by atoms with Crippen molar-refractivity contribution < 1.29 is 18.7 Å². The topological polar surface area (TPSA) is 76.8 Å². The van der Waals surface area contributed by atoms with Crippen LogP contribution < -0.4 is 14.8 Å². The van der Waals surface area contributed by atoms with Gasteiger partial charge in [0.1, 0.15) is 5.76 Å². The standard InChI is InChI=1S/C23H33N3O4S/c1-16-7-5-6-11-26(16)12-10-24-22(27)15-31-14-19-17(2)30-23(25-19)18-8-9-20(28-3)21(13-18)29-4/h8-9,13,16H,5-7,10-12,14-15H2,1-4H3,(H,24,27). The molecule has 8 heteroatoms. The number of hydrogen-bond acceptors (Lipinski definition) is 7. The normalized spacial score (nSPS) is 16.8. The second-order valence-corrected chi connectivity index (χ2v) is 8.80. The molecule has 1 unspecified atom stereocenters. The van der Waals surface area contributed by atoms with Gasteiger partial charge < -0.3 is 19.2 Å². The van der Waals surface area contributed by atoms with Gasteiger partial charge in [0.25, 0.3) is 0 Å². The number of amides is 1. The third kappa shape index (κ3) is 6.40. The lowest BCUT2D eigenvalue weighted by molar-refractivity contribution is -0.118. The summed E-state index contributed by atoms with van der Waals surface area (Å²) in [5.41, 5.74) is 1.67. The van der Waals surface area contributed by atoms with Crippen molar-refractivity contribution in [2.75, 3.05) is 39.6 Å². The Balaban J connectivity index is 1.46. The number of carbonyl (C=O) groups excluding carboxylic acids is 1. The van der Waals surface area contributed by atoms with Crippen molar-refractivity contribution in [3.63, 3.8) is 0 Å². The first-order valence-corrected chi connectivity index (χ1v) is 11.9. The first-order chi connectivity index (χ1) is 15.0. The van der Waals surface area contributed by atoms with Gasteiger partial charge in [-0.1, -0.05) is 6.42 Å². The van der Waals surface area contributed by atoms with Gasteiger partial charge in [0.15, 0.2) is 11.5 Å². The molecular weight excluding hydrogens is 414 g/mol. The molecule has 31 heavy (non-hydrogen) atoms. The van der Waals surface area contributed by atoms with Gasteiger partial charge in [-0.3, -0.25) is 9.69 Å². The number of nitrogens with one attached hydrogen (secondary N) is 1. The highest BCUT2D eigenvalue weighted by molar-refractivity contribution is 7.99. The van der Waals surface area contributed by atoms with Crippen LogP contribution in [0, 0.1) is 6.92 Å². The number of piperidine rings is 1. The van der Waals surface area contributed by atoms with Gasteiger partial charge in [0.05, 0.1) is 25.7 Å². The molecule has 1 aromatic heterocycles. The highest BCUT2D eigenvalue weighted by Gasteiger charge is 2.18. The molecule has 1 aromatic carbocycles. The Kier molecular flexibility index (Phi) is 8.66. The van der Waals surface area contributed by atoms with Crippen LogP contribution in [0.5, 0.6) is 11.5 Å². The lowest BCUT2D eigenvalue weighted by Crippen LogP contribution is -2.42. The minimum atomic E-state index is 0.0657. The summed E-state index contributed by atoms with van der Waals surface area (Å²) in [6.45, 7) is 6.94. The molecule has 0 bridgehead atoms. The molecule has 3 rings (SSSR count). The average Bonchev–Trinajstić information content (AvgIpc) is 3.15. The first-order valence-electron chi connectivity index (χ1n) is 10.8. The molecular formula is C23H33N3O4S. The van der Waals surface area contributed by atoms with Gasteiger partial charge in [-0.15, -0.1) is 11.8 Å². The van der Waals surface area contributed by atoms with E-state index in [4.69, 9.17) is 13.9 Å². The van der Waals surface area contributed by atoms with Crippen LogP contribution in [0.3, 0.4) is 0 Å². The fourth-order valence-electron chi connectivity index (χ4n) is 3.77. The number of methoxy groups -OCH3 is 2. The van der Waals surface area contributed by atoms with E-state index in [0.29, 0.717) is 41.5 Å². The Morgan fingerprint density at radius 1 is 1.29 bits per heavy atom. The summed E-state index contributed by atoms with van der Waals surface area (Å²) in [4.78, 5) is 19.3. The Bertz CT molecular complexity index is 871. The van der Waals surface area contributed by atoms with Crippen molar-refractivity contribution in [1.29, 1.82) is 0 Å². The second-order valence-electron chi connectivity index (χ2n) is 7.82. The van der Waals surface area contributed by atoms with Crippen molar-refractivity contribution in [3.8, 4) is 23.0 Å². The molecule has 0 aliphatic carbocycles. The number of oxazole rings is 1. The number of hydrogen-bond donors (Lipinski definition) is 1. The van der Waals surface area contributed by atoms with Crippen LogP contribution >= 0.6 is 11.8 Å². The molecule has 1 aliphatic rings. The minimum absolute atomic E-state index is 0.0657. The highest BCUT2D eigenvalue weighted by Crippen LogP contribution is 2.33. The van der Waals surface area contributed by atoms with Crippen LogP contribution in [0.1, 0.15) is 37.6 Å². The maximum atomic E-state index is 12.2. The minimum Gasteiger partial charge on any atom is -0.493 e. The summed E-state index contributed by atoms with van der Waals surface area (Å²) in [7, 11) is 3.20. The van der Waals surface area contributed by atoms with E-state index in [0.717, 1.165) is 30.1 Å². The zero-order valence-electron chi connectivity index (χ0n) is 18.9. The Hall–Kier alpha value is -2.19. The zero-order valence-corrected chi connectivity index (χ0v) is 19.7. The van der Waals surface area contributed by atoms with Crippen molar-refractivity contribution in [3.05, 3.63) is 29.7 Å². The summed E-state index contributed by atoms with van der Waals surface area (Å²) in [6, 6.07) is 6.18. The predicted octanol–water partition coefficient (Wildman–Crippen LogP) is 3.89. The van der Waals surface area contributed by atoms with Crippen molar-refractivity contribution >= 4 is 17.7 Å². The van der Waals surface area contributed by atoms with E-state index in [1.54, 1.807) is 26.0 Å². The molecule has 2 heterocycles. The summed E-state index contributed by atoms with van der Waals surface area (Å²) in [5.74, 6) is 3.68. The highest BCUT2D eigenvalue weighted by atomic mass is 32.2. The second kappa shape index (κ2) is 11.4. The number of likely N-dealkylation sites (tertiary alicyclic amines) is 1. The molecule has 170 valence electrons. The SMILES string of the molecule is COc1ccc(-c2nc(CSCC(=O)NCCN3CCCCC3C)c(C)o2)cc1OC. The third-order valence-corrected chi connectivity index (χ3v) is 6.60. The number of aryl methyl sites for hydroxylation is 1. The maximum Gasteiger partial charge on any atom is 0.230 e. The molecule has 7 nitrogen and oxygen atoms in total. The molecule has 1 fully saturated rings. The van der Waals surface area contributed by atoms with Crippen LogP contribution in [0.4, 0.5) is 0 Å². The monoisotopic (exact) mass is 447 g/mol. The summed E-state index contributed by atoms with van der Waals surface area (Å²) in [6.07, 6.45) is 3.83. The number of carbonyl (C=O) groups is 1. The predicted molar refractivity (Wildman–Crippen MR) is 124 cm³/mol. The van der Waals surface area contributed by atoms with Crippen molar-refractivity contribution in [2.24, 2.45) is 0 Å². The van der Waals surface area contributed by atoms with Crippen LogP contribution in [-0.2, 0) is 10.5 Å². The first kappa shape index (κ1) is 23.5. The Labute approximate surface area is 188 Å². The van der Waals surface area contributed by atoms with Crippen LogP contribution in [0.25, 0.3) is 11.5 Å². The Morgan fingerprint density at radius 3 is 2.84 bits per heavy atom. The molecule has 1 atom stereocenters. The number of rotatable bonds is 10. The van der Waals surface area contributed by atoms with E-state index in [1.165, 1.54) is 19.3 Å². The summed E-state index contributed by atoms with van der Waals surface area (Å²) < 4.78 is 16.5. The molecule has 0 spiro atoms. The van der Waals surface area contributed by atoms with E-state index < -0.39 is 0 Å². The average molecular weight is 448 g/mol. The molecule has 1 N–H and O–H groups in total. The number of nitrogens with zero attached hydrogens (tertiary/aromatic N) is 2. The molecule has 1 amide bonds. The summed E-state index contributed by atoms with van der Waals surface area (Å²) in [5, 5.41) is 3.03. The van der Waals surface area contributed by atoms with Crippen molar-refractivity contribution in [1.82, 2.24) is 15.2 Å². The largest absolute Gasteiger partial charge is 0.493 e. The number of aromatic nitrogens is 1. The quantitative estimate of drug-likeness (QED) is 0.592. The van der Waals surface area contributed by atoms with Gasteiger partial charge in [-0.25, -0.2) is 4.98 Å². The lowest BCUT2D eigenvalue weighted by atomic mass is 10.0. The van der Waals surface area contributed by atoms with Gasteiger partial charge in [-0.2, -0.15) is 0 Å². The third-order valence-electron chi connectivity index (χ3n) is 5.66. The Morgan fingerprint density at radius 2 is 2.10 bits per heavy atom.